The molecule has 0 aliphatic carbocycles. The lowest BCUT2D eigenvalue weighted by atomic mass is 9.95. The number of esters is 2. The van der Waals surface area contributed by atoms with Crippen molar-refractivity contribution in [1.29, 1.82) is 0 Å². The molecule has 2 heterocycles. The minimum absolute atomic E-state index is 0.102. The predicted octanol–water partition coefficient (Wildman–Crippen LogP) is 5.06. The fourth-order valence-corrected chi connectivity index (χ4v) is 6.96. The number of aromatic nitrogens is 1. The van der Waals surface area contributed by atoms with Gasteiger partial charge in [0.15, 0.2) is 22.9 Å². The predicted molar refractivity (Wildman–Crippen MR) is 173 cm³/mol. The second-order valence-electron chi connectivity index (χ2n) is 9.78. The van der Waals surface area contributed by atoms with E-state index in [9.17, 15) is 14.4 Å². The molecule has 1 aromatic heterocycles. The maximum Gasteiger partial charge on any atom is 0.343 e. The van der Waals surface area contributed by atoms with Crippen molar-refractivity contribution in [3.63, 3.8) is 0 Å². The summed E-state index contributed by atoms with van der Waals surface area (Å²) in [4.78, 5) is 44.3. The van der Waals surface area contributed by atoms with Gasteiger partial charge in [0, 0.05) is 10.0 Å². The van der Waals surface area contributed by atoms with E-state index in [2.05, 4.69) is 41.6 Å². The van der Waals surface area contributed by atoms with Crippen LogP contribution in [0, 0.1) is 0 Å². The van der Waals surface area contributed by atoms with Crippen molar-refractivity contribution in [2.24, 2.45) is 4.99 Å². The van der Waals surface area contributed by atoms with Gasteiger partial charge in [0.1, 0.15) is 5.75 Å². The maximum absolute atomic E-state index is 14.2. The van der Waals surface area contributed by atoms with E-state index in [4.69, 9.17) is 18.9 Å². The number of benzene rings is 2. The molecule has 1 aliphatic rings. The highest BCUT2D eigenvalue weighted by Crippen LogP contribution is 2.37. The van der Waals surface area contributed by atoms with Crippen LogP contribution in [0.15, 0.2) is 60.3 Å². The van der Waals surface area contributed by atoms with E-state index in [-0.39, 0.29) is 30.5 Å². The Morgan fingerprint density at radius 3 is 2.50 bits per heavy atom. The van der Waals surface area contributed by atoms with Crippen molar-refractivity contribution in [1.82, 2.24) is 4.57 Å². The van der Waals surface area contributed by atoms with Gasteiger partial charge in [-0.05, 0) is 86.5 Å². The molecule has 3 aromatic rings. The highest BCUT2D eigenvalue weighted by Gasteiger charge is 2.34. The third-order valence-electron chi connectivity index (χ3n) is 6.35. The number of carbonyl (C=O) groups is 2. The number of methoxy groups -OCH3 is 1. The Bertz CT molecular complexity index is 1790. The summed E-state index contributed by atoms with van der Waals surface area (Å²) >= 11 is 8.30. The van der Waals surface area contributed by atoms with Gasteiger partial charge >= 0.3 is 11.9 Å². The minimum atomic E-state index is -0.873. The lowest BCUT2D eigenvalue weighted by molar-refractivity contribution is -0.143. The molecule has 0 spiro atoms. The van der Waals surface area contributed by atoms with Crippen molar-refractivity contribution < 1.29 is 33.3 Å². The molecule has 0 saturated heterocycles. The van der Waals surface area contributed by atoms with Gasteiger partial charge < -0.3 is 23.7 Å². The standard InChI is InChI=1S/C31H32Br2N2O8S/c1-7-40-23-12-18(9-10-22(23)42-15-25(36)39-6)27-26(30(38)41-8-2)17(5)34-31-35(27)29(37)24(44-31)13-19-11-20(32)14-21(33)28(19)43-16(3)4/h9-14,16,27H,7-8,15H2,1-6H3/b24-13+/t27-/m0/s1. The molecule has 1 atom stereocenters. The molecule has 0 N–H and O–H groups in total. The van der Waals surface area contributed by atoms with Gasteiger partial charge in [0.2, 0.25) is 0 Å². The molecule has 1 aliphatic heterocycles. The number of hydrogen-bond acceptors (Lipinski definition) is 10. The summed E-state index contributed by atoms with van der Waals surface area (Å²) in [5.41, 5.74) is 1.57. The molecule has 44 heavy (non-hydrogen) atoms. The van der Waals surface area contributed by atoms with Gasteiger partial charge in [0.25, 0.3) is 5.56 Å². The van der Waals surface area contributed by atoms with Crippen LogP contribution in [-0.4, -0.2) is 49.5 Å². The lowest BCUT2D eigenvalue weighted by Crippen LogP contribution is -2.40. The Morgan fingerprint density at radius 2 is 1.84 bits per heavy atom. The van der Waals surface area contributed by atoms with Gasteiger partial charge in [-0.2, -0.15) is 0 Å². The number of allylic oxidation sites excluding steroid dienone is 1. The zero-order valence-corrected chi connectivity index (χ0v) is 29.1. The number of fused-ring (bicyclic) bond motifs is 1. The summed E-state index contributed by atoms with van der Waals surface area (Å²) in [5.74, 6) is 0.109. The SMILES string of the molecule is CCOC(=O)C1=C(C)N=c2s/c(=C/c3cc(Br)cc(Br)c3OC(C)C)c(=O)n2[C@H]1c1ccc(OCC(=O)OC)c(OCC)c1. The van der Waals surface area contributed by atoms with Gasteiger partial charge in [-0.25, -0.2) is 14.6 Å². The van der Waals surface area contributed by atoms with Crippen LogP contribution in [0.1, 0.15) is 51.8 Å². The van der Waals surface area contributed by atoms with Gasteiger partial charge in [-0.1, -0.05) is 33.3 Å². The number of halogens is 2. The van der Waals surface area contributed by atoms with Crippen LogP contribution in [0.3, 0.4) is 0 Å². The van der Waals surface area contributed by atoms with E-state index in [0.29, 0.717) is 50.0 Å². The Kier molecular flexibility index (Phi) is 11.1. The largest absolute Gasteiger partial charge is 0.490 e. The molecule has 13 heteroatoms. The minimum Gasteiger partial charge on any atom is -0.490 e. The van der Waals surface area contributed by atoms with Crippen molar-refractivity contribution in [3.8, 4) is 17.2 Å². The van der Waals surface area contributed by atoms with Crippen LogP contribution in [-0.2, 0) is 19.1 Å². The van der Waals surface area contributed by atoms with Crippen molar-refractivity contribution >= 4 is 61.2 Å². The molecule has 0 unspecified atom stereocenters. The highest BCUT2D eigenvalue weighted by molar-refractivity contribution is 9.11. The Hall–Kier alpha value is -3.42. The molecular formula is C31H32Br2N2O8S. The lowest BCUT2D eigenvalue weighted by Gasteiger charge is -2.25. The second kappa shape index (κ2) is 14.6. The Morgan fingerprint density at radius 1 is 1.09 bits per heavy atom. The maximum atomic E-state index is 14.2. The van der Waals surface area contributed by atoms with Crippen LogP contribution in [0.5, 0.6) is 17.2 Å². The average molecular weight is 752 g/mol. The summed E-state index contributed by atoms with van der Waals surface area (Å²) in [6.45, 7) is 9.23. The number of thiazole rings is 1. The van der Waals surface area contributed by atoms with E-state index in [1.807, 2.05) is 32.9 Å². The molecule has 234 valence electrons. The topological polar surface area (TPSA) is 115 Å². The summed E-state index contributed by atoms with van der Waals surface area (Å²) in [6, 6.07) is 7.91. The fraction of sp³-hybridized carbons (Fsp3) is 0.355. The van der Waals surface area contributed by atoms with Crippen LogP contribution in [0.25, 0.3) is 6.08 Å². The highest BCUT2D eigenvalue weighted by atomic mass is 79.9. The molecule has 4 rings (SSSR count). The van der Waals surface area contributed by atoms with E-state index in [0.717, 1.165) is 8.95 Å². The monoisotopic (exact) mass is 750 g/mol. The molecule has 10 nitrogen and oxygen atoms in total. The molecule has 2 aromatic carbocycles. The van der Waals surface area contributed by atoms with Crippen LogP contribution in [0.4, 0.5) is 0 Å². The number of nitrogens with zero attached hydrogens (tertiary/aromatic N) is 2. The normalized spacial score (nSPS) is 14.7. The van der Waals surface area contributed by atoms with Crippen LogP contribution >= 0.6 is 43.2 Å². The number of rotatable bonds is 11. The van der Waals surface area contributed by atoms with Gasteiger partial charge in [-0.3, -0.25) is 9.36 Å². The first-order valence-corrected chi connectivity index (χ1v) is 16.2. The average Bonchev–Trinajstić information content (AvgIpc) is 3.27. The van der Waals surface area contributed by atoms with Gasteiger partial charge in [-0.15, -0.1) is 0 Å². The first kappa shape index (κ1) is 33.5. The quantitative estimate of drug-likeness (QED) is 0.250. The third-order valence-corrected chi connectivity index (χ3v) is 8.38. The van der Waals surface area contributed by atoms with Crippen LogP contribution < -0.4 is 29.1 Å². The molecule has 0 saturated carbocycles. The number of ether oxygens (including phenoxy) is 5. The Labute approximate surface area is 275 Å². The summed E-state index contributed by atoms with van der Waals surface area (Å²) in [5, 5.41) is 0. The molecule has 0 fully saturated rings. The van der Waals surface area contributed by atoms with E-state index in [1.54, 1.807) is 38.1 Å². The Balaban J connectivity index is 1.94. The molecule has 0 radical (unpaired) electrons. The van der Waals surface area contributed by atoms with Gasteiger partial charge in [0.05, 0.1) is 52.7 Å². The summed E-state index contributed by atoms with van der Waals surface area (Å²) in [7, 11) is 1.27. The van der Waals surface area contributed by atoms with Crippen molar-refractivity contribution in [2.75, 3.05) is 26.9 Å². The number of carbonyl (C=O) groups excluding carboxylic acids is 2. The van der Waals surface area contributed by atoms with Crippen molar-refractivity contribution in [2.45, 2.75) is 46.8 Å². The zero-order valence-electron chi connectivity index (χ0n) is 25.1. The second-order valence-corrected chi connectivity index (χ2v) is 12.6. The first-order chi connectivity index (χ1) is 21.0. The zero-order chi connectivity index (χ0) is 32.1. The molecular weight excluding hydrogens is 720 g/mol. The van der Waals surface area contributed by atoms with E-state index in [1.165, 1.54) is 23.0 Å². The van der Waals surface area contributed by atoms with Crippen LogP contribution in [0.2, 0.25) is 0 Å². The van der Waals surface area contributed by atoms with E-state index >= 15 is 0 Å². The van der Waals surface area contributed by atoms with E-state index < -0.39 is 18.0 Å². The smallest absolute Gasteiger partial charge is 0.343 e. The number of hydrogen-bond donors (Lipinski definition) is 0. The third kappa shape index (κ3) is 7.27. The summed E-state index contributed by atoms with van der Waals surface area (Å²) < 4.78 is 31.0. The fourth-order valence-electron chi connectivity index (χ4n) is 4.57. The molecule has 0 amide bonds. The molecule has 0 bridgehead atoms. The van der Waals surface area contributed by atoms with Crippen molar-refractivity contribution in [3.05, 3.63) is 81.4 Å². The summed E-state index contributed by atoms with van der Waals surface area (Å²) in [6.07, 6.45) is 1.65. The first-order valence-electron chi connectivity index (χ1n) is 13.8.